The summed E-state index contributed by atoms with van der Waals surface area (Å²) in [6.07, 6.45) is 4.25. The van der Waals surface area contributed by atoms with Gasteiger partial charge in [0.15, 0.2) is 0 Å². The molecule has 100 valence electrons. The molecule has 1 atom stereocenters. The van der Waals surface area contributed by atoms with E-state index < -0.39 is 0 Å². The largest absolute Gasteiger partial charge is 0.376 e. The van der Waals surface area contributed by atoms with Crippen molar-refractivity contribution in [3.8, 4) is 0 Å². The van der Waals surface area contributed by atoms with E-state index in [1.54, 1.807) is 0 Å². The second-order valence-corrected chi connectivity index (χ2v) is 5.52. The highest BCUT2D eigenvalue weighted by Crippen LogP contribution is 2.15. The van der Waals surface area contributed by atoms with E-state index in [0.29, 0.717) is 6.10 Å². The average Bonchev–Trinajstić information content (AvgIpc) is 2.38. The minimum atomic E-state index is 0.440. The maximum absolute atomic E-state index is 5.73. The molecule has 2 fully saturated rings. The van der Waals surface area contributed by atoms with E-state index in [0.717, 1.165) is 25.7 Å². The molecule has 4 heteroatoms. The Hall–Kier alpha value is -0.160. The average molecular weight is 241 g/mol. The summed E-state index contributed by atoms with van der Waals surface area (Å²) in [6.45, 7) is 6.64. The highest BCUT2D eigenvalue weighted by molar-refractivity contribution is 4.78. The lowest BCUT2D eigenvalue weighted by molar-refractivity contribution is 0.0146. The van der Waals surface area contributed by atoms with Crippen molar-refractivity contribution in [3.05, 3.63) is 0 Å². The summed E-state index contributed by atoms with van der Waals surface area (Å²) in [5.74, 6) is 0. The number of nitrogens with zero attached hydrogens (tertiary/aromatic N) is 2. The van der Waals surface area contributed by atoms with E-state index in [-0.39, 0.29) is 0 Å². The summed E-state index contributed by atoms with van der Waals surface area (Å²) in [6, 6.07) is 0.791. The van der Waals surface area contributed by atoms with Crippen molar-refractivity contribution in [1.82, 2.24) is 15.1 Å². The van der Waals surface area contributed by atoms with Crippen LogP contribution in [0.2, 0.25) is 0 Å². The van der Waals surface area contributed by atoms with Crippen LogP contribution >= 0.6 is 0 Å². The van der Waals surface area contributed by atoms with Crippen molar-refractivity contribution in [2.75, 3.05) is 53.4 Å². The predicted molar refractivity (Wildman–Crippen MR) is 70.4 cm³/mol. The fraction of sp³-hybridized carbons (Fsp3) is 1.00. The highest BCUT2D eigenvalue weighted by Gasteiger charge is 2.21. The fourth-order valence-electron chi connectivity index (χ4n) is 2.79. The Morgan fingerprint density at radius 3 is 2.65 bits per heavy atom. The zero-order chi connectivity index (χ0) is 12.1. The molecule has 1 N–H and O–H groups in total. The smallest absolute Gasteiger partial charge is 0.0712 e. The first-order valence-corrected chi connectivity index (χ1v) is 6.97. The summed E-state index contributed by atoms with van der Waals surface area (Å²) in [5, 5.41) is 3.39. The predicted octanol–water partition coefficient (Wildman–Crippen LogP) is 0.391. The fourth-order valence-corrected chi connectivity index (χ4v) is 2.79. The van der Waals surface area contributed by atoms with E-state index >= 15 is 0 Å². The SMILES string of the molecule is CN(C)C1CCN(CCC2CNCCO2)CC1. The third-order valence-corrected chi connectivity index (χ3v) is 4.06. The van der Waals surface area contributed by atoms with Gasteiger partial charge in [0.1, 0.15) is 0 Å². The summed E-state index contributed by atoms with van der Waals surface area (Å²) in [4.78, 5) is 4.96. The molecule has 2 saturated heterocycles. The Kier molecular flexibility index (Phi) is 5.22. The van der Waals surface area contributed by atoms with E-state index in [9.17, 15) is 0 Å². The number of hydrogen-bond donors (Lipinski definition) is 1. The van der Waals surface area contributed by atoms with Crippen LogP contribution in [0.25, 0.3) is 0 Å². The van der Waals surface area contributed by atoms with Crippen molar-refractivity contribution >= 4 is 0 Å². The van der Waals surface area contributed by atoms with Gasteiger partial charge >= 0.3 is 0 Å². The van der Waals surface area contributed by atoms with Crippen LogP contribution in [0.4, 0.5) is 0 Å². The number of morpholine rings is 1. The molecule has 2 heterocycles. The van der Waals surface area contributed by atoms with Crippen molar-refractivity contribution in [2.24, 2.45) is 0 Å². The van der Waals surface area contributed by atoms with Crippen molar-refractivity contribution in [2.45, 2.75) is 31.4 Å². The molecule has 2 rings (SSSR count). The Labute approximate surface area is 105 Å². The van der Waals surface area contributed by atoms with Crippen LogP contribution in [0.5, 0.6) is 0 Å². The second kappa shape index (κ2) is 6.69. The quantitative estimate of drug-likeness (QED) is 0.771. The van der Waals surface area contributed by atoms with Crippen molar-refractivity contribution < 1.29 is 4.74 Å². The van der Waals surface area contributed by atoms with Gasteiger partial charge in [-0.3, -0.25) is 0 Å². The van der Waals surface area contributed by atoms with Gasteiger partial charge in [0.05, 0.1) is 12.7 Å². The van der Waals surface area contributed by atoms with E-state index in [1.807, 2.05) is 0 Å². The van der Waals surface area contributed by atoms with Gasteiger partial charge in [0.2, 0.25) is 0 Å². The molecule has 1 unspecified atom stereocenters. The van der Waals surface area contributed by atoms with Gasteiger partial charge in [-0.1, -0.05) is 0 Å². The molecule has 0 spiro atoms. The van der Waals surface area contributed by atoms with E-state index in [1.165, 1.54) is 38.9 Å². The molecule has 2 aliphatic heterocycles. The monoisotopic (exact) mass is 241 g/mol. The molecular formula is C13H27N3O. The Bertz CT molecular complexity index is 209. The number of hydrogen-bond acceptors (Lipinski definition) is 4. The third-order valence-electron chi connectivity index (χ3n) is 4.06. The lowest BCUT2D eigenvalue weighted by Crippen LogP contribution is -2.44. The molecular weight excluding hydrogens is 214 g/mol. The van der Waals surface area contributed by atoms with Gasteiger partial charge in [-0.15, -0.1) is 0 Å². The lowest BCUT2D eigenvalue weighted by atomic mass is 10.0. The van der Waals surface area contributed by atoms with E-state index in [4.69, 9.17) is 4.74 Å². The lowest BCUT2D eigenvalue weighted by Gasteiger charge is -2.36. The summed E-state index contributed by atoms with van der Waals surface area (Å²) >= 11 is 0. The first kappa shape index (κ1) is 13.3. The third kappa shape index (κ3) is 4.21. The number of likely N-dealkylation sites (tertiary alicyclic amines) is 1. The van der Waals surface area contributed by atoms with Gasteiger partial charge in [-0.2, -0.15) is 0 Å². The number of nitrogens with one attached hydrogen (secondary N) is 1. The number of rotatable bonds is 4. The molecule has 0 bridgehead atoms. The molecule has 0 aliphatic carbocycles. The minimum absolute atomic E-state index is 0.440. The minimum Gasteiger partial charge on any atom is -0.376 e. The molecule has 0 radical (unpaired) electrons. The van der Waals surface area contributed by atoms with Crippen LogP contribution in [0.3, 0.4) is 0 Å². The molecule has 0 aromatic heterocycles. The maximum Gasteiger partial charge on any atom is 0.0712 e. The summed E-state index contributed by atoms with van der Waals surface area (Å²) in [5.41, 5.74) is 0. The Morgan fingerprint density at radius 1 is 1.29 bits per heavy atom. The molecule has 17 heavy (non-hydrogen) atoms. The first-order chi connectivity index (χ1) is 8.25. The summed E-state index contributed by atoms with van der Waals surface area (Å²) in [7, 11) is 4.39. The van der Waals surface area contributed by atoms with Crippen LogP contribution in [0, 0.1) is 0 Å². The molecule has 0 aromatic rings. The van der Waals surface area contributed by atoms with Crippen LogP contribution in [-0.2, 0) is 4.74 Å². The molecule has 0 amide bonds. The van der Waals surface area contributed by atoms with Crippen LogP contribution in [0.15, 0.2) is 0 Å². The number of piperidine rings is 1. The Morgan fingerprint density at radius 2 is 2.06 bits per heavy atom. The van der Waals surface area contributed by atoms with Gasteiger partial charge in [0.25, 0.3) is 0 Å². The highest BCUT2D eigenvalue weighted by atomic mass is 16.5. The topological polar surface area (TPSA) is 27.7 Å². The van der Waals surface area contributed by atoms with E-state index in [2.05, 4.69) is 29.2 Å². The standard InChI is InChI=1S/C13H27N3O/c1-15(2)12-3-7-16(8-4-12)9-5-13-11-14-6-10-17-13/h12-14H,3-11H2,1-2H3. The molecule has 4 nitrogen and oxygen atoms in total. The maximum atomic E-state index is 5.73. The van der Waals surface area contributed by atoms with Gasteiger partial charge in [-0.25, -0.2) is 0 Å². The molecule has 0 saturated carbocycles. The molecule has 2 aliphatic rings. The van der Waals surface area contributed by atoms with Crippen LogP contribution in [0.1, 0.15) is 19.3 Å². The molecule has 0 aromatic carbocycles. The normalized spacial score (nSPS) is 28.8. The second-order valence-electron chi connectivity index (χ2n) is 5.52. The number of ether oxygens (including phenoxy) is 1. The zero-order valence-corrected chi connectivity index (χ0v) is 11.3. The van der Waals surface area contributed by atoms with Crippen molar-refractivity contribution in [1.29, 1.82) is 0 Å². The van der Waals surface area contributed by atoms with Crippen molar-refractivity contribution in [3.63, 3.8) is 0 Å². The summed E-state index contributed by atoms with van der Waals surface area (Å²) < 4.78 is 5.73. The first-order valence-electron chi connectivity index (χ1n) is 6.97. The Balaban J connectivity index is 1.61. The van der Waals surface area contributed by atoms with Gasteiger partial charge < -0.3 is 19.9 Å². The zero-order valence-electron chi connectivity index (χ0n) is 11.3. The van der Waals surface area contributed by atoms with Crippen LogP contribution < -0.4 is 5.32 Å². The van der Waals surface area contributed by atoms with Crippen LogP contribution in [-0.4, -0.2) is 75.4 Å². The van der Waals surface area contributed by atoms with Gasteiger partial charge in [-0.05, 0) is 46.4 Å². The van der Waals surface area contributed by atoms with Gasteiger partial charge in [0, 0.05) is 25.7 Å².